The SMILES string of the molecule is COc1ccc(CN2CCCC3(CCCNC3)C2)cc1Br. The predicted molar refractivity (Wildman–Crippen MR) is 89.7 cm³/mol. The van der Waals surface area contributed by atoms with Crippen molar-refractivity contribution in [2.24, 2.45) is 5.41 Å². The van der Waals surface area contributed by atoms with Crippen molar-refractivity contribution < 1.29 is 4.74 Å². The lowest BCUT2D eigenvalue weighted by Gasteiger charge is -2.45. The first-order valence-electron chi connectivity index (χ1n) is 7.96. The zero-order chi connectivity index (χ0) is 14.7. The number of ether oxygens (including phenoxy) is 1. The van der Waals surface area contributed by atoms with Gasteiger partial charge in [0.15, 0.2) is 0 Å². The van der Waals surface area contributed by atoms with Gasteiger partial charge in [-0.3, -0.25) is 4.90 Å². The van der Waals surface area contributed by atoms with Crippen LogP contribution in [0.15, 0.2) is 22.7 Å². The lowest BCUT2D eigenvalue weighted by molar-refractivity contribution is 0.0600. The van der Waals surface area contributed by atoms with Crippen LogP contribution in [0.2, 0.25) is 0 Å². The second-order valence-electron chi connectivity index (χ2n) is 6.56. The van der Waals surface area contributed by atoms with Crippen LogP contribution in [0.1, 0.15) is 31.2 Å². The summed E-state index contributed by atoms with van der Waals surface area (Å²) in [6.45, 7) is 5.92. The van der Waals surface area contributed by atoms with Crippen LogP contribution in [-0.2, 0) is 6.54 Å². The third-order valence-electron chi connectivity index (χ3n) is 4.92. The van der Waals surface area contributed by atoms with Gasteiger partial charge in [-0.05, 0) is 77.8 Å². The summed E-state index contributed by atoms with van der Waals surface area (Å²) in [4.78, 5) is 2.63. The standard InChI is InChI=1S/C17H25BrN2O/c1-21-16-5-4-14(10-15(16)18)11-20-9-3-7-17(13-20)6-2-8-19-12-17/h4-5,10,19H,2-3,6-9,11-13H2,1H3. The van der Waals surface area contributed by atoms with Gasteiger partial charge >= 0.3 is 0 Å². The maximum Gasteiger partial charge on any atom is 0.133 e. The van der Waals surface area contributed by atoms with E-state index < -0.39 is 0 Å². The summed E-state index contributed by atoms with van der Waals surface area (Å²) in [7, 11) is 1.71. The molecule has 0 saturated carbocycles. The van der Waals surface area contributed by atoms with Crippen molar-refractivity contribution in [3.8, 4) is 5.75 Å². The van der Waals surface area contributed by atoms with E-state index in [0.717, 1.165) is 16.8 Å². The molecular formula is C17H25BrN2O. The van der Waals surface area contributed by atoms with E-state index in [0.29, 0.717) is 5.41 Å². The van der Waals surface area contributed by atoms with E-state index in [1.165, 1.54) is 57.4 Å². The van der Waals surface area contributed by atoms with Crippen LogP contribution in [0.4, 0.5) is 0 Å². The second kappa shape index (κ2) is 6.67. The monoisotopic (exact) mass is 352 g/mol. The third-order valence-corrected chi connectivity index (χ3v) is 5.54. The van der Waals surface area contributed by atoms with Crippen molar-refractivity contribution in [3.63, 3.8) is 0 Å². The second-order valence-corrected chi connectivity index (χ2v) is 7.42. The Morgan fingerprint density at radius 1 is 1.33 bits per heavy atom. The summed E-state index contributed by atoms with van der Waals surface area (Å²) in [5.74, 6) is 0.908. The van der Waals surface area contributed by atoms with E-state index >= 15 is 0 Å². The van der Waals surface area contributed by atoms with E-state index in [1.54, 1.807) is 7.11 Å². The van der Waals surface area contributed by atoms with Gasteiger partial charge in [0.2, 0.25) is 0 Å². The Bertz CT molecular complexity index is 480. The van der Waals surface area contributed by atoms with Gasteiger partial charge in [-0.1, -0.05) is 6.07 Å². The van der Waals surface area contributed by atoms with Crippen LogP contribution >= 0.6 is 15.9 Å². The lowest BCUT2D eigenvalue weighted by atomic mass is 9.74. The Morgan fingerprint density at radius 2 is 2.19 bits per heavy atom. The summed E-state index contributed by atoms with van der Waals surface area (Å²) in [5.41, 5.74) is 1.89. The molecule has 2 heterocycles. The summed E-state index contributed by atoms with van der Waals surface area (Å²) >= 11 is 3.59. The van der Waals surface area contributed by atoms with Gasteiger partial charge in [-0.25, -0.2) is 0 Å². The van der Waals surface area contributed by atoms with E-state index in [-0.39, 0.29) is 0 Å². The minimum atomic E-state index is 0.528. The molecule has 1 N–H and O–H groups in total. The number of halogens is 1. The maximum absolute atomic E-state index is 5.31. The molecule has 2 saturated heterocycles. The number of hydrogen-bond donors (Lipinski definition) is 1. The van der Waals surface area contributed by atoms with Gasteiger partial charge in [-0.15, -0.1) is 0 Å². The highest BCUT2D eigenvalue weighted by Crippen LogP contribution is 2.36. The molecule has 2 fully saturated rings. The van der Waals surface area contributed by atoms with Crippen molar-refractivity contribution in [2.75, 3.05) is 33.3 Å². The van der Waals surface area contributed by atoms with Crippen LogP contribution in [0.3, 0.4) is 0 Å². The molecule has 0 radical (unpaired) electrons. The molecule has 0 bridgehead atoms. The minimum Gasteiger partial charge on any atom is -0.496 e. The van der Waals surface area contributed by atoms with E-state index in [1.807, 2.05) is 0 Å². The molecule has 3 nitrogen and oxygen atoms in total. The fraction of sp³-hybridized carbons (Fsp3) is 0.647. The average Bonchev–Trinajstić information content (AvgIpc) is 2.48. The summed E-state index contributed by atoms with van der Waals surface area (Å²) in [6, 6.07) is 6.44. The zero-order valence-electron chi connectivity index (χ0n) is 12.8. The molecule has 0 amide bonds. The van der Waals surface area contributed by atoms with Crippen LogP contribution in [0.5, 0.6) is 5.75 Å². The zero-order valence-corrected chi connectivity index (χ0v) is 14.4. The minimum absolute atomic E-state index is 0.528. The molecular weight excluding hydrogens is 328 g/mol. The van der Waals surface area contributed by atoms with E-state index in [9.17, 15) is 0 Å². The highest BCUT2D eigenvalue weighted by atomic mass is 79.9. The smallest absolute Gasteiger partial charge is 0.133 e. The molecule has 116 valence electrons. The molecule has 21 heavy (non-hydrogen) atoms. The molecule has 1 aromatic carbocycles. The normalized spacial score (nSPS) is 27.0. The van der Waals surface area contributed by atoms with Crippen molar-refractivity contribution >= 4 is 15.9 Å². The van der Waals surface area contributed by atoms with Gasteiger partial charge in [-0.2, -0.15) is 0 Å². The molecule has 1 atom stereocenters. The topological polar surface area (TPSA) is 24.5 Å². The molecule has 2 aliphatic rings. The third kappa shape index (κ3) is 3.61. The lowest BCUT2D eigenvalue weighted by Crippen LogP contribution is -2.50. The fourth-order valence-electron chi connectivity index (χ4n) is 3.89. The Morgan fingerprint density at radius 3 is 2.90 bits per heavy atom. The number of hydrogen-bond acceptors (Lipinski definition) is 3. The number of rotatable bonds is 3. The Hall–Kier alpha value is -0.580. The van der Waals surface area contributed by atoms with Gasteiger partial charge < -0.3 is 10.1 Å². The van der Waals surface area contributed by atoms with Crippen LogP contribution in [-0.4, -0.2) is 38.2 Å². The van der Waals surface area contributed by atoms with Gasteiger partial charge in [0.1, 0.15) is 5.75 Å². The largest absolute Gasteiger partial charge is 0.496 e. The van der Waals surface area contributed by atoms with Crippen LogP contribution in [0, 0.1) is 5.41 Å². The highest BCUT2D eigenvalue weighted by molar-refractivity contribution is 9.10. The first-order chi connectivity index (χ1) is 10.2. The molecule has 4 heteroatoms. The van der Waals surface area contributed by atoms with Crippen molar-refractivity contribution in [2.45, 2.75) is 32.2 Å². The molecule has 1 spiro atoms. The molecule has 0 aromatic heterocycles. The summed E-state index contributed by atoms with van der Waals surface area (Å²) in [5, 5.41) is 3.60. The number of nitrogens with one attached hydrogen (secondary N) is 1. The first-order valence-corrected chi connectivity index (χ1v) is 8.76. The Labute approximate surface area is 136 Å². The van der Waals surface area contributed by atoms with Crippen molar-refractivity contribution in [1.29, 1.82) is 0 Å². The fourth-order valence-corrected chi connectivity index (χ4v) is 4.48. The molecule has 2 aliphatic heterocycles. The number of piperidine rings is 2. The molecule has 3 rings (SSSR count). The van der Waals surface area contributed by atoms with Crippen molar-refractivity contribution in [1.82, 2.24) is 10.2 Å². The van der Waals surface area contributed by atoms with E-state index in [2.05, 4.69) is 44.3 Å². The Kier molecular flexibility index (Phi) is 4.87. The summed E-state index contributed by atoms with van der Waals surface area (Å²) in [6.07, 6.45) is 5.45. The van der Waals surface area contributed by atoms with Crippen molar-refractivity contribution in [3.05, 3.63) is 28.2 Å². The van der Waals surface area contributed by atoms with E-state index in [4.69, 9.17) is 4.74 Å². The van der Waals surface area contributed by atoms with Crippen LogP contribution in [0.25, 0.3) is 0 Å². The first kappa shape index (κ1) is 15.3. The Balaban J connectivity index is 1.65. The van der Waals surface area contributed by atoms with Gasteiger partial charge in [0.05, 0.1) is 11.6 Å². The summed E-state index contributed by atoms with van der Waals surface area (Å²) < 4.78 is 6.36. The number of nitrogens with zero attached hydrogens (tertiary/aromatic N) is 1. The quantitative estimate of drug-likeness (QED) is 0.901. The van der Waals surface area contributed by atoms with Gasteiger partial charge in [0.25, 0.3) is 0 Å². The number of methoxy groups -OCH3 is 1. The van der Waals surface area contributed by atoms with Crippen LogP contribution < -0.4 is 10.1 Å². The van der Waals surface area contributed by atoms with Gasteiger partial charge in [0, 0.05) is 19.6 Å². The molecule has 1 unspecified atom stereocenters. The average molecular weight is 353 g/mol. The predicted octanol–water partition coefficient (Wildman–Crippen LogP) is 3.42. The number of benzene rings is 1. The number of likely N-dealkylation sites (tertiary alicyclic amines) is 1. The molecule has 1 aromatic rings. The molecule has 0 aliphatic carbocycles. The maximum atomic E-state index is 5.31. The highest BCUT2D eigenvalue weighted by Gasteiger charge is 2.36.